The van der Waals surface area contributed by atoms with Gasteiger partial charge in [-0.2, -0.15) is 13.2 Å². The number of fused-ring (bicyclic) bond motifs is 5. The van der Waals surface area contributed by atoms with E-state index in [-0.39, 0.29) is 17.8 Å². The summed E-state index contributed by atoms with van der Waals surface area (Å²) in [7, 11) is 0. The second kappa shape index (κ2) is 6.86. The summed E-state index contributed by atoms with van der Waals surface area (Å²) in [5, 5.41) is 3.73. The number of hydrogen-bond donors (Lipinski definition) is 1. The molecule has 3 aliphatic heterocycles. The topological polar surface area (TPSA) is 55.9 Å². The number of alkyl halides is 3. The molecule has 0 aromatic heterocycles. The molecule has 3 amide bonds. The molecule has 156 valence electrons. The zero-order chi connectivity index (χ0) is 21.1. The van der Waals surface area contributed by atoms with E-state index in [1.165, 1.54) is 17.0 Å². The lowest BCUT2D eigenvalue weighted by molar-refractivity contribution is -0.137. The van der Waals surface area contributed by atoms with Crippen molar-refractivity contribution >= 4 is 35.0 Å². The second-order valence-corrected chi connectivity index (χ2v) is 8.43. The van der Waals surface area contributed by atoms with Crippen LogP contribution in [-0.2, 0) is 11.0 Å². The minimum absolute atomic E-state index is 0.0596. The maximum atomic E-state index is 13.1. The van der Waals surface area contributed by atoms with Crippen LogP contribution < -0.4 is 10.2 Å². The Morgan fingerprint density at radius 1 is 1.31 bits per heavy atom. The first kappa shape index (κ1) is 19.9. The van der Waals surface area contributed by atoms with Gasteiger partial charge in [-0.1, -0.05) is 19.9 Å². The largest absolute Gasteiger partial charge is 0.416 e. The molecule has 3 fully saturated rings. The van der Waals surface area contributed by atoms with Crippen LogP contribution in [0.2, 0.25) is 0 Å². The highest BCUT2D eigenvalue weighted by Crippen LogP contribution is 2.43. The van der Waals surface area contributed by atoms with Crippen molar-refractivity contribution in [1.82, 2.24) is 15.1 Å². The number of amides is 3. The van der Waals surface area contributed by atoms with Crippen molar-refractivity contribution in [2.45, 2.75) is 44.6 Å². The fraction of sp³-hybridized carbons (Fsp3) is 0.526. The van der Waals surface area contributed by atoms with Crippen LogP contribution >= 0.6 is 12.2 Å². The number of thiocarbonyl (C=S) groups is 1. The fourth-order valence-corrected chi connectivity index (χ4v) is 4.64. The van der Waals surface area contributed by atoms with Crippen LogP contribution in [0.5, 0.6) is 0 Å². The van der Waals surface area contributed by atoms with E-state index in [1.807, 2.05) is 4.90 Å². The molecule has 0 aliphatic carbocycles. The van der Waals surface area contributed by atoms with Crippen LogP contribution in [0.25, 0.3) is 0 Å². The molecule has 3 saturated heterocycles. The predicted molar refractivity (Wildman–Crippen MR) is 104 cm³/mol. The lowest BCUT2D eigenvalue weighted by Gasteiger charge is -2.36. The summed E-state index contributed by atoms with van der Waals surface area (Å²) in [6.45, 7) is 5.32. The fourth-order valence-electron chi connectivity index (χ4n) is 4.34. The van der Waals surface area contributed by atoms with Gasteiger partial charge in [-0.15, -0.1) is 0 Å². The smallest absolute Gasteiger partial charge is 0.362 e. The van der Waals surface area contributed by atoms with Crippen molar-refractivity contribution in [3.05, 3.63) is 29.8 Å². The number of hydrogen-bond acceptors (Lipinski definition) is 3. The van der Waals surface area contributed by atoms with E-state index in [0.29, 0.717) is 30.5 Å². The highest BCUT2D eigenvalue weighted by atomic mass is 32.1. The summed E-state index contributed by atoms with van der Waals surface area (Å²) >= 11 is 5.47. The Hall–Kier alpha value is -2.36. The van der Waals surface area contributed by atoms with E-state index in [4.69, 9.17) is 12.2 Å². The standard InChI is InChI=1S/C19H21F3N4O2S/c1-10(2)8-23-17(29)24-9-13-7-14(24)15-16(27)26(18(28)25(13)15)12-5-3-4-11(6-12)19(20,21)22/h3-6,10,13-15H,7-9H2,1-2H3,(H,23,29). The Morgan fingerprint density at radius 2 is 2.03 bits per heavy atom. The number of rotatable bonds is 3. The number of anilines is 1. The van der Waals surface area contributed by atoms with Gasteiger partial charge in [0.2, 0.25) is 0 Å². The predicted octanol–water partition coefficient (Wildman–Crippen LogP) is 2.83. The van der Waals surface area contributed by atoms with Crippen molar-refractivity contribution in [2.75, 3.05) is 18.0 Å². The number of likely N-dealkylation sites (tertiary alicyclic amines) is 1. The molecule has 3 aliphatic rings. The molecule has 1 aromatic carbocycles. The SMILES string of the molecule is CC(C)CNC(=S)N1CC2CC1C1C(=O)N(c3cccc(C(F)(F)F)c3)C(=O)N21. The van der Waals surface area contributed by atoms with E-state index in [0.717, 1.165) is 17.0 Å². The van der Waals surface area contributed by atoms with E-state index in [1.54, 1.807) is 0 Å². The van der Waals surface area contributed by atoms with Gasteiger partial charge >= 0.3 is 12.2 Å². The molecule has 10 heteroatoms. The van der Waals surface area contributed by atoms with Gasteiger partial charge in [0.15, 0.2) is 5.11 Å². The minimum Gasteiger partial charge on any atom is -0.362 e. The number of piperazine rings is 1. The molecule has 3 unspecified atom stereocenters. The number of imide groups is 1. The summed E-state index contributed by atoms with van der Waals surface area (Å²) in [5.41, 5.74) is -0.956. The lowest BCUT2D eigenvalue weighted by Crippen LogP contribution is -2.57. The summed E-state index contributed by atoms with van der Waals surface area (Å²) in [6.07, 6.45) is -3.93. The minimum atomic E-state index is -4.55. The first-order chi connectivity index (χ1) is 13.6. The number of nitrogens with one attached hydrogen (secondary N) is 1. The molecule has 3 heterocycles. The Balaban J connectivity index is 1.58. The highest BCUT2D eigenvalue weighted by Gasteiger charge is 2.62. The number of halogens is 3. The van der Waals surface area contributed by atoms with Gasteiger partial charge in [0.05, 0.1) is 23.3 Å². The number of carbonyl (C=O) groups is 2. The van der Waals surface area contributed by atoms with Gasteiger partial charge in [0.1, 0.15) is 6.04 Å². The third kappa shape index (κ3) is 3.23. The van der Waals surface area contributed by atoms with Gasteiger partial charge in [0.25, 0.3) is 5.91 Å². The van der Waals surface area contributed by atoms with Crippen molar-refractivity contribution in [1.29, 1.82) is 0 Å². The van der Waals surface area contributed by atoms with Crippen LogP contribution in [0.3, 0.4) is 0 Å². The van der Waals surface area contributed by atoms with Crippen LogP contribution in [0.15, 0.2) is 24.3 Å². The van der Waals surface area contributed by atoms with Crippen LogP contribution in [0, 0.1) is 5.92 Å². The zero-order valence-corrected chi connectivity index (χ0v) is 16.8. The first-order valence-electron chi connectivity index (χ1n) is 9.47. The Morgan fingerprint density at radius 3 is 2.69 bits per heavy atom. The Bertz CT molecular complexity index is 875. The Kier molecular flexibility index (Phi) is 4.71. The van der Waals surface area contributed by atoms with E-state index in [2.05, 4.69) is 19.2 Å². The first-order valence-corrected chi connectivity index (χ1v) is 9.88. The van der Waals surface area contributed by atoms with Gasteiger partial charge < -0.3 is 15.1 Å². The van der Waals surface area contributed by atoms with Crippen molar-refractivity contribution in [3.8, 4) is 0 Å². The quantitative estimate of drug-likeness (QED) is 0.595. The molecule has 0 saturated carbocycles. The molecule has 4 rings (SSSR count). The number of carbonyl (C=O) groups excluding carboxylic acids is 2. The molecule has 2 bridgehead atoms. The van der Waals surface area contributed by atoms with E-state index in [9.17, 15) is 22.8 Å². The molecular formula is C19H21F3N4O2S. The van der Waals surface area contributed by atoms with Gasteiger partial charge in [0, 0.05) is 13.1 Å². The third-order valence-corrected chi connectivity index (χ3v) is 6.00. The third-order valence-electron chi connectivity index (χ3n) is 5.62. The molecule has 0 spiro atoms. The molecule has 3 atom stereocenters. The molecule has 1 aromatic rings. The van der Waals surface area contributed by atoms with Crippen LogP contribution in [0.4, 0.5) is 23.7 Å². The Labute approximate surface area is 171 Å². The lowest BCUT2D eigenvalue weighted by atomic mass is 10.1. The monoisotopic (exact) mass is 426 g/mol. The summed E-state index contributed by atoms with van der Waals surface area (Å²) in [5.74, 6) is -0.103. The number of urea groups is 1. The summed E-state index contributed by atoms with van der Waals surface area (Å²) in [4.78, 5) is 30.3. The molecule has 6 nitrogen and oxygen atoms in total. The van der Waals surface area contributed by atoms with Gasteiger partial charge in [-0.25, -0.2) is 9.69 Å². The zero-order valence-electron chi connectivity index (χ0n) is 15.9. The summed E-state index contributed by atoms with van der Waals surface area (Å²) in [6, 6.07) is 2.57. The molecular weight excluding hydrogens is 405 g/mol. The van der Waals surface area contributed by atoms with Crippen LogP contribution in [0.1, 0.15) is 25.8 Å². The molecule has 1 N–H and O–H groups in total. The van der Waals surface area contributed by atoms with Crippen LogP contribution in [-0.4, -0.2) is 58.1 Å². The van der Waals surface area contributed by atoms with E-state index >= 15 is 0 Å². The summed E-state index contributed by atoms with van der Waals surface area (Å²) < 4.78 is 39.2. The van der Waals surface area contributed by atoms with Crippen molar-refractivity contribution in [3.63, 3.8) is 0 Å². The van der Waals surface area contributed by atoms with Gasteiger partial charge in [-0.3, -0.25) is 4.79 Å². The normalized spacial score (nSPS) is 26.0. The van der Waals surface area contributed by atoms with Crippen molar-refractivity contribution < 1.29 is 22.8 Å². The molecule has 29 heavy (non-hydrogen) atoms. The second-order valence-electron chi connectivity index (χ2n) is 8.05. The average Bonchev–Trinajstić information content (AvgIpc) is 3.30. The van der Waals surface area contributed by atoms with Crippen molar-refractivity contribution in [2.24, 2.45) is 5.92 Å². The highest BCUT2D eigenvalue weighted by molar-refractivity contribution is 7.80. The maximum absolute atomic E-state index is 13.1. The number of benzene rings is 1. The molecule has 0 radical (unpaired) electrons. The van der Waals surface area contributed by atoms with Gasteiger partial charge in [-0.05, 0) is 42.8 Å². The average molecular weight is 426 g/mol. The van der Waals surface area contributed by atoms with E-state index < -0.39 is 29.7 Å². The maximum Gasteiger partial charge on any atom is 0.416 e. The number of nitrogens with zero attached hydrogens (tertiary/aromatic N) is 3.